The van der Waals surface area contributed by atoms with Crippen molar-refractivity contribution in [2.45, 2.75) is 18.4 Å². The smallest absolute Gasteiger partial charge is 0.153 e. The first-order valence-electron chi connectivity index (χ1n) is 5.16. The van der Waals surface area contributed by atoms with Crippen LogP contribution in [0.2, 0.25) is 0 Å². The van der Waals surface area contributed by atoms with Crippen molar-refractivity contribution in [1.82, 2.24) is 0 Å². The van der Waals surface area contributed by atoms with Crippen LogP contribution < -0.4 is 0 Å². The van der Waals surface area contributed by atoms with Gasteiger partial charge in [-0.3, -0.25) is 0 Å². The molecule has 1 N–H and O–H groups in total. The molecule has 3 nitrogen and oxygen atoms in total. The molecule has 0 amide bonds. The molecule has 1 heterocycles. The fourth-order valence-corrected chi connectivity index (χ4v) is 4.03. The number of rotatable bonds is 2. The molecule has 0 radical (unpaired) electrons. The molecule has 94 valence electrons. The molecular weight excluding hydrogens is 250 g/mol. The van der Waals surface area contributed by atoms with Gasteiger partial charge in [0, 0.05) is 12.5 Å². The molecule has 1 saturated heterocycles. The number of hydrogen-bond acceptors (Lipinski definition) is 3. The van der Waals surface area contributed by atoms with Crippen LogP contribution in [0.5, 0.6) is 0 Å². The van der Waals surface area contributed by atoms with Gasteiger partial charge in [-0.2, -0.15) is 0 Å². The number of benzene rings is 1. The summed E-state index contributed by atoms with van der Waals surface area (Å²) in [4.78, 5) is 0. The van der Waals surface area contributed by atoms with Gasteiger partial charge < -0.3 is 5.11 Å². The first-order chi connectivity index (χ1) is 7.78. The topological polar surface area (TPSA) is 54.4 Å². The number of halogens is 2. The van der Waals surface area contributed by atoms with Gasteiger partial charge in [0.25, 0.3) is 0 Å². The minimum absolute atomic E-state index is 0.0547. The van der Waals surface area contributed by atoms with E-state index >= 15 is 0 Å². The molecule has 1 aliphatic rings. The van der Waals surface area contributed by atoms with E-state index in [1.165, 1.54) is 0 Å². The maximum Gasteiger partial charge on any atom is 0.153 e. The van der Waals surface area contributed by atoms with Crippen molar-refractivity contribution in [2.75, 3.05) is 11.5 Å². The molecule has 0 spiro atoms. The molecule has 1 aromatic carbocycles. The van der Waals surface area contributed by atoms with Gasteiger partial charge in [0.2, 0.25) is 0 Å². The minimum atomic E-state index is -3.23. The Kier molecular flexibility index (Phi) is 2.95. The highest BCUT2D eigenvalue weighted by Gasteiger charge is 2.40. The quantitative estimate of drug-likeness (QED) is 0.867. The Bertz CT molecular complexity index is 521. The third-order valence-corrected chi connectivity index (χ3v) is 4.63. The maximum absolute atomic E-state index is 12.9. The monoisotopic (exact) mass is 262 g/mol. The summed E-state index contributed by atoms with van der Waals surface area (Å²) in [6, 6.07) is 2.94. The summed E-state index contributed by atoms with van der Waals surface area (Å²) in [5.74, 6) is -1.90. The summed E-state index contributed by atoms with van der Waals surface area (Å²) in [6.07, 6.45) is 0.0500. The molecule has 1 fully saturated rings. The van der Waals surface area contributed by atoms with Crippen LogP contribution in [0.4, 0.5) is 8.78 Å². The lowest BCUT2D eigenvalue weighted by Gasteiger charge is -2.20. The molecule has 17 heavy (non-hydrogen) atoms. The second-order valence-electron chi connectivity index (χ2n) is 4.52. The predicted molar refractivity (Wildman–Crippen MR) is 58.3 cm³/mol. The molecule has 1 unspecified atom stereocenters. The van der Waals surface area contributed by atoms with Crippen LogP contribution in [0.1, 0.15) is 12.0 Å². The Balaban J connectivity index is 2.21. The second-order valence-corrected chi connectivity index (χ2v) is 6.70. The van der Waals surface area contributed by atoms with E-state index in [1.807, 2.05) is 0 Å². The summed E-state index contributed by atoms with van der Waals surface area (Å²) in [5.41, 5.74) is -1.14. The molecular formula is C11H12F2O3S. The first kappa shape index (κ1) is 12.4. The van der Waals surface area contributed by atoms with E-state index in [2.05, 4.69) is 0 Å². The van der Waals surface area contributed by atoms with Crippen molar-refractivity contribution in [3.8, 4) is 0 Å². The van der Waals surface area contributed by atoms with Gasteiger partial charge in [-0.05, 0) is 24.1 Å². The number of aliphatic hydroxyl groups is 1. The van der Waals surface area contributed by atoms with Crippen molar-refractivity contribution in [2.24, 2.45) is 0 Å². The number of sulfone groups is 1. The van der Waals surface area contributed by atoms with Gasteiger partial charge in [0.15, 0.2) is 9.84 Å². The zero-order valence-electron chi connectivity index (χ0n) is 8.99. The Labute approximate surface area is 98.0 Å². The van der Waals surface area contributed by atoms with E-state index in [0.717, 1.165) is 18.2 Å². The molecule has 0 aliphatic carbocycles. The zero-order valence-corrected chi connectivity index (χ0v) is 9.80. The van der Waals surface area contributed by atoms with Crippen LogP contribution >= 0.6 is 0 Å². The summed E-state index contributed by atoms with van der Waals surface area (Å²) >= 11 is 0. The van der Waals surface area contributed by atoms with E-state index in [4.69, 9.17) is 0 Å². The average molecular weight is 262 g/mol. The van der Waals surface area contributed by atoms with E-state index in [-0.39, 0.29) is 29.9 Å². The zero-order chi connectivity index (χ0) is 12.7. The van der Waals surface area contributed by atoms with Crippen LogP contribution in [0.15, 0.2) is 18.2 Å². The first-order valence-corrected chi connectivity index (χ1v) is 6.98. The third-order valence-electron chi connectivity index (χ3n) is 2.82. The molecule has 0 aromatic heterocycles. The average Bonchev–Trinajstić information content (AvgIpc) is 2.37. The lowest BCUT2D eigenvalue weighted by Crippen LogP contribution is -2.32. The van der Waals surface area contributed by atoms with Gasteiger partial charge in [-0.15, -0.1) is 0 Å². The van der Waals surface area contributed by atoms with Gasteiger partial charge in [-0.1, -0.05) is 0 Å². The van der Waals surface area contributed by atoms with Crippen molar-refractivity contribution in [1.29, 1.82) is 0 Å². The van der Waals surface area contributed by atoms with Gasteiger partial charge in [0.05, 0.1) is 17.1 Å². The predicted octanol–water partition coefficient (Wildman–Crippen LogP) is 1.06. The third kappa shape index (κ3) is 3.01. The largest absolute Gasteiger partial charge is 0.388 e. The van der Waals surface area contributed by atoms with Crippen molar-refractivity contribution >= 4 is 9.84 Å². The van der Waals surface area contributed by atoms with Crippen molar-refractivity contribution in [3.05, 3.63) is 35.4 Å². The van der Waals surface area contributed by atoms with Crippen LogP contribution in [0.3, 0.4) is 0 Å². The van der Waals surface area contributed by atoms with Gasteiger partial charge in [0.1, 0.15) is 11.6 Å². The Hall–Kier alpha value is -1.01. The molecule has 1 aromatic rings. The number of hydrogen-bond donors (Lipinski definition) is 1. The highest BCUT2D eigenvalue weighted by molar-refractivity contribution is 7.91. The molecule has 1 aliphatic heterocycles. The summed E-state index contributed by atoms with van der Waals surface area (Å²) in [6.45, 7) is 0. The molecule has 0 saturated carbocycles. The fraction of sp³-hybridized carbons (Fsp3) is 0.455. The van der Waals surface area contributed by atoms with Crippen LogP contribution in [-0.4, -0.2) is 30.6 Å². The van der Waals surface area contributed by atoms with Gasteiger partial charge in [-0.25, -0.2) is 17.2 Å². The lowest BCUT2D eigenvalue weighted by molar-refractivity contribution is 0.0680. The minimum Gasteiger partial charge on any atom is -0.388 e. The fourth-order valence-electron chi connectivity index (χ4n) is 2.13. The van der Waals surface area contributed by atoms with Gasteiger partial charge >= 0.3 is 0 Å². The lowest BCUT2D eigenvalue weighted by atomic mass is 9.94. The Morgan fingerprint density at radius 1 is 1.24 bits per heavy atom. The van der Waals surface area contributed by atoms with E-state index in [9.17, 15) is 22.3 Å². The van der Waals surface area contributed by atoms with Crippen LogP contribution in [0.25, 0.3) is 0 Å². The maximum atomic E-state index is 12.9. The standard InChI is InChI=1S/C11H12F2O3S/c12-9-3-8(4-10(13)5-9)6-11(14)1-2-17(15,16)7-11/h3-5,14H,1-2,6-7H2. The van der Waals surface area contributed by atoms with E-state index in [1.54, 1.807) is 0 Å². The van der Waals surface area contributed by atoms with E-state index < -0.39 is 27.1 Å². The molecule has 6 heteroatoms. The van der Waals surface area contributed by atoms with Crippen molar-refractivity contribution in [3.63, 3.8) is 0 Å². The SMILES string of the molecule is O=S1(=O)CCC(O)(Cc2cc(F)cc(F)c2)C1. The molecule has 0 bridgehead atoms. The summed E-state index contributed by atoms with van der Waals surface area (Å²) in [7, 11) is -3.23. The normalized spacial score (nSPS) is 27.2. The van der Waals surface area contributed by atoms with E-state index in [0.29, 0.717) is 0 Å². The van der Waals surface area contributed by atoms with Crippen LogP contribution in [0, 0.1) is 11.6 Å². The summed E-state index contributed by atoms with van der Waals surface area (Å²) < 4.78 is 48.4. The Morgan fingerprint density at radius 3 is 2.29 bits per heavy atom. The molecule has 1 atom stereocenters. The Morgan fingerprint density at radius 2 is 1.82 bits per heavy atom. The second kappa shape index (κ2) is 4.03. The van der Waals surface area contributed by atoms with Crippen molar-refractivity contribution < 1.29 is 22.3 Å². The van der Waals surface area contributed by atoms with Crippen LogP contribution in [-0.2, 0) is 16.3 Å². The summed E-state index contributed by atoms with van der Waals surface area (Å²) in [5, 5.41) is 10.0. The highest BCUT2D eigenvalue weighted by atomic mass is 32.2. The molecule has 2 rings (SSSR count). The highest BCUT2D eigenvalue weighted by Crippen LogP contribution is 2.27.